The predicted molar refractivity (Wildman–Crippen MR) is 140 cm³/mol. The SMILES string of the molecule is Cc1ccc(C)c(N2CCN(C(=O)[C@@H]3CN(S(=O)(=O)c4ccccc4)CN3c3ccccn3)CC2)c1. The van der Waals surface area contributed by atoms with E-state index in [4.69, 9.17) is 0 Å². The summed E-state index contributed by atoms with van der Waals surface area (Å²) in [4.78, 5) is 24.4. The summed E-state index contributed by atoms with van der Waals surface area (Å²) in [5.74, 6) is 0.530. The quantitative estimate of drug-likeness (QED) is 0.531. The fourth-order valence-corrected chi connectivity index (χ4v) is 6.35. The van der Waals surface area contributed by atoms with Gasteiger partial charge in [-0.1, -0.05) is 36.4 Å². The molecule has 0 radical (unpaired) electrons. The van der Waals surface area contributed by atoms with E-state index in [9.17, 15) is 13.2 Å². The first kappa shape index (κ1) is 24.3. The Bertz CT molecular complexity index is 1330. The minimum Gasteiger partial charge on any atom is -0.368 e. The standard InChI is InChI=1S/C27H31N5O3S/c1-21-11-12-22(2)24(18-21)29-14-16-30(17-15-29)27(33)25-19-31(20-32(25)26-10-6-7-13-28-26)36(34,35)23-8-4-3-5-9-23/h3-13,18,25H,14-17,19-20H2,1-2H3/t25-/m0/s1. The van der Waals surface area contributed by atoms with Gasteiger partial charge in [0.2, 0.25) is 15.9 Å². The molecule has 188 valence electrons. The third-order valence-electron chi connectivity index (χ3n) is 6.97. The van der Waals surface area contributed by atoms with Gasteiger partial charge in [0.25, 0.3) is 0 Å². The van der Waals surface area contributed by atoms with E-state index in [0.29, 0.717) is 18.9 Å². The largest absolute Gasteiger partial charge is 0.368 e. The number of sulfonamides is 1. The smallest absolute Gasteiger partial charge is 0.246 e. The number of aromatic nitrogens is 1. The summed E-state index contributed by atoms with van der Waals surface area (Å²) in [7, 11) is -3.75. The lowest BCUT2D eigenvalue weighted by molar-refractivity contribution is -0.132. The van der Waals surface area contributed by atoms with E-state index in [1.165, 1.54) is 21.1 Å². The number of benzene rings is 2. The maximum atomic E-state index is 13.8. The summed E-state index contributed by atoms with van der Waals surface area (Å²) >= 11 is 0. The monoisotopic (exact) mass is 505 g/mol. The van der Waals surface area contributed by atoms with Crippen LogP contribution < -0.4 is 9.80 Å². The van der Waals surface area contributed by atoms with Gasteiger partial charge in [-0.2, -0.15) is 4.31 Å². The molecule has 1 amide bonds. The second-order valence-electron chi connectivity index (χ2n) is 9.37. The van der Waals surface area contributed by atoms with Crippen LogP contribution in [0.1, 0.15) is 11.1 Å². The zero-order chi connectivity index (χ0) is 25.3. The van der Waals surface area contributed by atoms with Gasteiger partial charge < -0.3 is 14.7 Å². The van der Waals surface area contributed by atoms with Crippen molar-refractivity contribution >= 4 is 27.4 Å². The number of carbonyl (C=O) groups is 1. The lowest BCUT2D eigenvalue weighted by atomic mass is 10.1. The molecule has 3 heterocycles. The summed E-state index contributed by atoms with van der Waals surface area (Å²) in [5, 5.41) is 0. The van der Waals surface area contributed by atoms with Crippen molar-refractivity contribution in [2.24, 2.45) is 0 Å². The molecule has 36 heavy (non-hydrogen) atoms. The minimum absolute atomic E-state index is 0.0629. The highest BCUT2D eigenvalue weighted by molar-refractivity contribution is 7.89. The second kappa shape index (κ2) is 9.91. The van der Waals surface area contributed by atoms with Gasteiger partial charge in [0.15, 0.2) is 0 Å². The van der Waals surface area contributed by atoms with Gasteiger partial charge in [0.1, 0.15) is 11.9 Å². The van der Waals surface area contributed by atoms with Crippen molar-refractivity contribution in [3.8, 4) is 0 Å². The molecular weight excluding hydrogens is 474 g/mol. The normalized spacial score (nSPS) is 19.1. The Morgan fingerprint density at radius 3 is 2.33 bits per heavy atom. The van der Waals surface area contributed by atoms with E-state index in [-0.39, 0.29) is 24.0 Å². The summed E-state index contributed by atoms with van der Waals surface area (Å²) in [6.07, 6.45) is 1.66. The molecule has 0 N–H and O–H groups in total. The summed E-state index contributed by atoms with van der Waals surface area (Å²) in [5.41, 5.74) is 3.64. The summed E-state index contributed by atoms with van der Waals surface area (Å²) in [6.45, 7) is 7.00. The van der Waals surface area contributed by atoms with Crippen LogP contribution in [0, 0.1) is 13.8 Å². The molecule has 2 aliphatic rings. The first-order valence-electron chi connectivity index (χ1n) is 12.2. The van der Waals surface area contributed by atoms with Crippen LogP contribution in [0.2, 0.25) is 0 Å². The number of pyridine rings is 1. The fraction of sp³-hybridized carbons (Fsp3) is 0.333. The van der Waals surface area contributed by atoms with Gasteiger partial charge >= 0.3 is 0 Å². The molecule has 0 aliphatic carbocycles. The van der Waals surface area contributed by atoms with Crippen molar-refractivity contribution in [2.75, 3.05) is 49.2 Å². The predicted octanol–water partition coefficient (Wildman–Crippen LogP) is 2.88. The Kier molecular flexibility index (Phi) is 6.68. The molecule has 2 aromatic carbocycles. The first-order valence-corrected chi connectivity index (χ1v) is 13.6. The topological polar surface area (TPSA) is 77.1 Å². The second-order valence-corrected chi connectivity index (χ2v) is 11.3. The van der Waals surface area contributed by atoms with Crippen molar-refractivity contribution < 1.29 is 13.2 Å². The number of hydrogen-bond donors (Lipinski definition) is 0. The number of amides is 1. The summed E-state index contributed by atoms with van der Waals surface area (Å²) in [6, 6.07) is 19.6. The average Bonchev–Trinajstić information content (AvgIpc) is 3.37. The van der Waals surface area contributed by atoms with E-state index in [1.807, 2.05) is 17.0 Å². The lowest BCUT2D eigenvalue weighted by Crippen LogP contribution is -2.54. The zero-order valence-electron chi connectivity index (χ0n) is 20.6. The first-order chi connectivity index (χ1) is 17.3. The van der Waals surface area contributed by atoms with Crippen LogP contribution in [0.4, 0.5) is 11.5 Å². The number of anilines is 2. The number of carbonyl (C=O) groups excluding carboxylic acids is 1. The van der Waals surface area contributed by atoms with Crippen molar-refractivity contribution in [3.63, 3.8) is 0 Å². The lowest BCUT2D eigenvalue weighted by Gasteiger charge is -2.38. The highest BCUT2D eigenvalue weighted by atomic mass is 32.2. The van der Waals surface area contributed by atoms with Crippen LogP contribution in [0.3, 0.4) is 0 Å². The van der Waals surface area contributed by atoms with E-state index in [0.717, 1.165) is 13.1 Å². The molecule has 3 aromatic rings. The van der Waals surface area contributed by atoms with Crippen LogP contribution in [-0.4, -0.2) is 73.9 Å². The highest BCUT2D eigenvalue weighted by Crippen LogP contribution is 2.28. The van der Waals surface area contributed by atoms with Crippen LogP contribution in [-0.2, 0) is 14.8 Å². The maximum Gasteiger partial charge on any atom is 0.246 e. The molecule has 8 nitrogen and oxygen atoms in total. The van der Waals surface area contributed by atoms with Gasteiger partial charge in [-0.05, 0) is 55.3 Å². The van der Waals surface area contributed by atoms with Crippen LogP contribution >= 0.6 is 0 Å². The fourth-order valence-electron chi connectivity index (χ4n) is 4.94. The Balaban J connectivity index is 1.35. The number of rotatable bonds is 5. The molecule has 5 rings (SSSR count). The number of nitrogens with zero attached hydrogens (tertiary/aromatic N) is 5. The molecule has 0 unspecified atom stereocenters. The highest BCUT2D eigenvalue weighted by Gasteiger charge is 2.43. The molecule has 2 saturated heterocycles. The van der Waals surface area contributed by atoms with Crippen molar-refractivity contribution in [1.29, 1.82) is 0 Å². The van der Waals surface area contributed by atoms with Gasteiger partial charge in [-0.25, -0.2) is 13.4 Å². The third-order valence-corrected chi connectivity index (χ3v) is 8.78. The number of piperazine rings is 1. The summed E-state index contributed by atoms with van der Waals surface area (Å²) < 4.78 is 28.1. The maximum absolute atomic E-state index is 13.8. The van der Waals surface area contributed by atoms with Gasteiger partial charge in [0, 0.05) is 44.6 Å². The number of aryl methyl sites for hydroxylation is 2. The molecule has 2 aliphatic heterocycles. The Labute approximate surface area is 212 Å². The molecule has 0 bridgehead atoms. The molecule has 1 aromatic heterocycles. The van der Waals surface area contributed by atoms with E-state index in [2.05, 4.69) is 41.9 Å². The molecular formula is C27H31N5O3S. The van der Waals surface area contributed by atoms with Crippen molar-refractivity contribution in [2.45, 2.75) is 24.8 Å². The van der Waals surface area contributed by atoms with Crippen molar-refractivity contribution in [3.05, 3.63) is 84.1 Å². The van der Waals surface area contributed by atoms with Crippen LogP contribution in [0.5, 0.6) is 0 Å². The van der Waals surface area contributed by atoms with Crippen LogP contribution in [0.15, 0.2) is 77.8 Å². The molecule has 0 spiro atoms. The van der Waals surface area contributed by atoms with Crippen LogP contribution in [0.25, 0.3) is 0 Å². The molecule has 9 heteroatoms. The Morgan fingerprint density at radius 1 is 0.917 bits per heavy atom. The third kappa shape index (κ3) is 4.68. The van der Waals surface area contributed by atoms with Gasteiger partial charge in [-0.3, -0.25) is 4.79 Å². The van der Waals surface area contributed by atoms with E-state index in [1.54, 1.807) is 47.5 Å². The zero-order valence-corrected chi connectivity index (χ0v) is 21.4. The molecule has 2 fully saturated rings. The van der Waals surface area contributed by atoms with Gasteiger partial charge in [-0.15, -0.1) is 0 Å². The average molecular weight is 506 g/mol. The van der Waals surface area contributed by atoms with Crippen molar-refractivity contribution in [1.82, 2.24) is 14.2 Å². The Hall–Kier alpha value is -3.43. The van der Waals surface area contributed by atoms with E-state index >= 15 is 0 Å². The molecule has 1 atom stereocenters. The Morgan fingerprint density at radius 2 is 1.64 bits per heavy atom. The minimum atomic E-state index is -3.75. The number of hydrogen-bond acceptors (Lipinski definition) is 6. The van der Waals surface area contributed by atoms with E-state index < -0.39 is 16.1 Å². The van der Waals surface area contributed by atoms with Gasteiger partial charge in [0.05, 0.1) is 11.6 Å². The molecule has 0 saturated carbocycles.